The molecule has 0 saturated carbocycles. The van der Waals surface area contributed by atoms with Gasteiger partial charge in [-0.2, -0.15) is 4.39 Å². The first-order valence-corrected chi connectivity index (χ1v) is 9.16. The van der Waals surface area contributed by atoms with Crippen LogP contribution in [0.15, 0.2) is 27.4 Å². The summed E-state index contributed by atoms with van der Waals surface area (Å²) in [5, 5.41) is 9.33. The summed E-state index contributed by atoms with van der Waals surface area (Å²) in [6.07, 6.45) is 8.01. The number of fused-ring (bicyclic) bond motifs is 1. The maximum atomic E-state index is 13.8. The summed E-state index contributed by atoms with van der Waals surface area (Å²) >= 11 is 0. The van der Waals surface area contributed by atoms with Crippen molar-refractivity contribution in [3.05, 3.63) is 40.0 Å². The van der Waals surface area contributed by atoms with Gasteiger partial charge in [-0.3, -0.25) is 0 Å². The van der Waals surface area contributed by atoms with Gasteiger partial charge in [-0.1, -0.05) is 39.0 Å². The summed E-state index contributed by atoms with van der Waals surface area (Å²) in [7, 11) is 0. The van der Waals surface area contributed by atoms with Crippen LogP contribution in [0.3, 0.4) is 0 Å². The Hall–Kier alpha value is -1.88. The Morgan fingerprint density at radius 2 is 1.76 bits per heavy atom. The van der Waals surface area contributed by atoms with Crippen LogP contribution in [0.5, 0.6) is 5.75 Å². The molecule has 138 valence electrons. The Balaban J connectivity index is 1.82. The van der Waals surface area contributed by atoms with Crippen LogP contribution in [-0.2, 0) is 6.42 Å². The fourth-order valence-electron chi connectivity index (χ4n) is 2.95. The Kier molecular flexibility index (Phi) is 7.92. The van der Waals surface area contributed by atoms with Crippen LogP contribution in [-0.4, -0.2) is 18.3 Å². The van der Waals surface area contributed by atoms with Crippen LogP contribution >= 0.6 is 0 Å². The fourth-order valence-corrected chi connectivity index (χ4v) is 2.95. The first-order chi connectivity index (χ1) is 12.2. The summed E-state index contributed by atoms with van der Waals surface area (Å²) < 4.78 is 24.6. The highest BCUT2D eigenvalue weighted by Crippen LogP contribution is 2.24. The number of hydrogen-bond donors (Lipinski definition) is 1. The zero-order valence-electron chi connectivity index (χ0n) is 14.9. The molecule has 1 aromatic carbocycles. The first-order valence-electron chi connectivity index (χ1n) is 9.16. The van der Waals surface area contributed by atoms with E-state index in [1.54, 1.807) is 18.2 Å². The average molecular weight is 350 g/mol. The maximum Gasteiger partial charge on any atom is 0.372 e. The van der Waals surface area contributed by atoms with Crippen LogP contribution in [0.2, 0.25) is 0 Å². The van der Waals surface area contributed by atoms with Crippen LogP contribution in [0.25, 0.3) is 11.0 Å². The predicted octanol–water partition coefficient (Wildman–Crippen LogP) is 4.60. The van der Waals surface area contributed by atoms with Crippen LogP contribution in [0.1, 0.15) is 57.4 Å². The lowest BCUT2D eigenvalue weighted by Crippen LogP contribution is -2.09. The van der Waals surface area contributed by atoms with Gasteiger partial charge in [-0.25, -0.2) is 4.79 Å². The molecule has 5 heteroatoms. The number of ether oxygens (including phenoxy) is 1. The number of aryl methyl sites for hydroxylation is 1. The Morgan fingerprint density at radius 3 is 2.44 bits per heavy atom. The van der Waals surface area contributed by atoms with Gasteiger partial charge >= 0.3 is 5.63 Å². The van der Waals surface area contributed by atoms with Gasteiger partial charge < -0.3 is 14.3 Å². The number of benzene rings is 1. The SMILES string of the molecule is CCc1c(F)c(=O)oc2cc(OCCCCCCCCCO)ccc12. The van der Waals surface area contributed by atoms with Gasteiger partial charge in [-0.15, -0.1) is 0 Å². The second-order valence-corrected chi connectivity index (χ2v) is 6.24. The lowest BCUT2D eigenvalue weighted by Gasteiger charge is -2.09. The molecule has 0 bridgehead atoms. The third-order valence-electron chi connectivity index (χ3n) is 4.35. The maximum absolute atomic E-state index is 13.8. The quantitative estimate of drug-likeness (QED) is 0.475. The number of aliphatic hydroxyl groups excluding tert-OH is 1. The molecule has 1 N–H and O–H groups in total. The van der Waals surface area contributed by atoms with Crippen molar-refractivity contribution >= 4 is 11.0 Å². The molecule has 0 saturated heterocycles. The van der Waals surface area contributed by atoms with Crippen molar-refractivity contribution in [2.24, 2.45) is 0 Å². The third-order valence-corrected chi connectivity index (χ3v) is 4.35. The van der Waals surface area contributed by atoms with E-state index < -0.39 is 11.4 Å². The molecule has 0 fully saturated rings. The molecule has 0 aliphatic rings. The van der Waals surface area contributed by atoms with E-state index in [4.69, 9.17) is 14.3 Å². The van der Waals surface area contributed by atoms with Crippen molar-refractivity contribution in [2.75, 3.05) is 13.2 Å². The molecule has 0 unspecified atom stereocenters. The summed E-state index contributed by atoms with van der Waals surface area (Å²) in [6, 6.07) is 5.19. The standard InChI is InChI=1S/C20H27FO4/c1-2-16-17-11-10-15(14-18(17)25-20(23)19(16)21)24-13-9-7-5-3-4-6-8-12-22/h10-11,14,22H,2-9,12-13H2,1H3. The van der Waals surface area contributed by atoms with E-state index in [1.165, 1.54) is 19.3 Å². The zero-order chi connectivity index (χ0) is 18.1. The molecule has 0 aliphatic carbocycles. The van der Waals surface area contributed by atoms with Crippen LogP contribution in [0, 0.1) is 5.82 Å². The molecule has 0 atom stereocenters. The molecule has 2 rings (SSSR count). The van der Waals surface area contributed by atoms with Crippen LogP contribution in [0.4, 0.5) is 4.39 Å². The molecule has 1 aromatic heterocycles. The monoisotopic (exact) mass is 350 g/mol. The summed E-state index contributed by atoms with van der Waals surface area (Å²) in [6.45, 7) is 2.70. The van der Waals surface area contributed by atoms with Gasteiger partial charge in [-0.05, 0) is 31.4 Å². The minimum atomic E-state index is -0.928. The summed E-state index contributed by atoms with van der Waals surface area (Å²) in [4.78, 5) is 11.6. The molecule has 0 spiro atoms. The molecule has 25 heavy (non-hydrogen) atoms. The number of hydrogen-bond acceptors (Lipinski definition) is 4. The van der Waals surface area contributed by atoms with Gasteiger partial charge in [0.1, 0.15) is 11.3 Å². The highest BCUT2D eigenvalue weighted by molar-refractivity contribution is 5.81. The van der Waals surface area contributed by atoms with E-state index >= 15 is 0 Å². The Bertz CT molecular complexity index is 723. The number of halogens is 1. The first kappa shape index (κ1) is 19.4. The smallest absolute Gasteiger partial charge is 0.372 e. The van der Waals surface area contributed by atoms with Crippen molar-refractivity contribution < 1.29 is 18.7 Å². The van der Waals surface area contributed by atoms with E-state index in [0.29, 0.717) is 35.3 Å². The topological polar surface area (TPSA) is 59.7 Å². The Morgan fingerprint density at radius 1 is 1.08 bits per heavy atom. The van der Waals surface area contributed by atoms with Crippen LogP contribution < -0.4 is 10.4 Å². The Labute approximate surface area is 147 Å². The average Bonchev–Trinajstić information content (AvgIpc) is 2.61. The lowest BCUT2D eigenvalue weighted by atomic mass is 10.1. The van der Waals surface area contributed by atoms with Crippen molar-refractivity contribution in [3.63, 3.8) is 0 Å². The van der Waals surface area contributed by atoms with Crippen molar-refractivity contribution in [3.8, 4) is 5.75 Å². The number of aliphatic hydroxyl groups is 1. The second-order valence-electron chi connectivity index (χ2n) is 6.24. The van der Waals surface area contributed by atoms with E-state index in [-0.39, 0.29) is 6.61 Å². The summed E-state index contributed by atoms with van der Waals surface area (Å²) in [5.41, 5.74) is -0.175. The molecule has 0 radical (unpaired) electrons. The number of rotatable bonds is 11. The number of unbranched alkanes of at least 4 members (excludes halogenated alkanes) is 6. The van der Waals surface area contributed by atoms with Gasteiger partial charge in [0.25, 0.3) is 0 Å². The lowest BCUT2D eigenvalue weighted by molar-refractivity contribution is 0.281. The van der Waals surface area contributed by atoms with Gasteiger partial charge in [0, 0.05) is 23.6 Å². The zero-order valence-corrected chi connectivity index (χ0v) is 14.9. The van der Waals surface area contributed by atoms with Gasteiger partial charge in [0.05, 0.1) is 6.61 Å². The highest BCUT2D eigenvalue weighted by Gasteiger charge is 2.13. The van der Waals surface area contributed by atoms with Crippen molar-refractivity contribution in [1.82, 2.24) is 0 Å². The van der Waals surface area contributed by atoms with E-state index in [2.05, 4.69) is 0 Å². The third kappa shape index (κ3) is 5.56. The molecule has 0 aliphatic heterocycles. The molecule has 0 amide bonds. The van der Waals surface area contributed by atoms with E-state index in [9.17, 15) is 9.18 Å². The molecular formula is C20H27FO4. The van der Waals surface area contributed by atoms with E-state index in [0.717, 1.165) is 25.7 Å². The molecular weight excluding hydrogens is 323 g/mol. The van der Waals surface area contributed by atoms with Crippen molar-refractivity contribution in [1.29, 1.82) is 0 Å². The van der Waals surface area contributed by atoms with Crippen molar-refractivity contribution in [2.45, 2.75) is 58.3 Å². The second kappa shape index (κ2) is 10.2. The molecule has 2 aromatic rings. The largest absolute Gasteiger partial charge is 0.493 e. The van der Waals surface area contributed by atoms with E-state index in [1.807, 2.05) is 6.92 Å². The minimum Gasteiger partial charge on any atom is -0.493 e. The highest BCUT2D eigenvalue weighted by atomic mass is 19.1. The minimum absolute atomic E-state index is 0.284. The predicted molar refractivity (Wildman–Crippen MR) is 96.7 cm³/mol. The van der Waals surface area contributed by atoms with Gasteiger partial charge in [0.2, 0.25) is 5.82 Å². The normalized spacial score (nSPS) is 11.2. The molecule has 1 heterocycles. The molecule has 4 nitrogen and oxygen atoms in total. The summed E-state index contributed by atoms with van der Waals surface area (Å²) in [5.74, 6) is -0.171. The fraction of sp³-hybridized carbons (Fsp3) is 0.550. The van der Waals surface area contributed by atoms with Gasteiger partial charge in [0.15, 0.2) is 0 Å².